The van der Waals surface area contributed by atoms with E-state index in [4.69, 9.17) is 17.0 Å². The summed E-state index contributed by atoms with van der Waals surface area (Å²) < 4.78 is 8.07. The summed E-state index contributed by atoms with van der Waals surface area (Å²) in [5.41, 5.74) is 3.22. The van der Waals surface area contributed by atoms with Gasteiger partial charge in [0.1, 0.15) is 11.8 Å². The molecule has 1 aliphatic heterocycles. The van der Waals surface area contributed by atoms with Crippen molar-refractivity contribution in [2.45, 2.75) is 45.5 Å². The highest BCUT2D eigenvalue weighted by atomic mass is 32.1. The molecule has 0 saturated carbocycles. The van der Waals surface area contributed by atoms with E-state index in [1.165, 1.54) is 5.69 Å². The molecule has 0 radical (unpaired) electrons. The molecule has 6 heteroatoms. The van der Waals surface area contributed by atoms with Crippen LogP contribution in [-0.2, 0) is 6.54 Å². The smallest absolute Gasteiger partial charge is 0.174 e. The average Bonchev–Trinajstić information content (AvgIpc) is 3.32. The van der Waals surface area contributed by atoms with E-state index in [0.29, 0.717) is 5.11 Å². The van der Waals surface area contributed by atoms with E-state index in [9.17, 15) is 0 Å². The molecule has 2 atom stereocenters. The molecule has 0 aliphatic carbocycles. The third-order valence-corrected chi connectivity index (χ3v) is 5.41. The van der Waals surface area contributed by atoms with E-state index >= 15 is 0 Å². The molecule has 1 saturated heterocycles. The Morgan fingerprint density at radius 2 is 1.90 bits per heavy atom. The van der Waals surface area contributed by atoms with Gasteiger partial charge in [0.25, 0.3) is 0 Å². The van der Waals surface area contributed by atoms with Crippen LogP contribution in [0.25, 0.3) is 0 Å². The Labute approximate surface area is 177 Å². The first-order chi connectivity index (χ1) is 14.1. The van der Waals surface area contributed by atoms with Gasteiger partial charge in [-0.2, -0.15) is 0 Å². The number of aromatic nitrogens is 2. The fourth-order valence-electron chi connectivity index (χ4n) is 3.87. The summed E-state index contributed by atoms with van der Waals surface area (Å²) in [6, 6.07) is 18.4. The largest absolute Gasteiger partial charge is 0.491 e. The number of hydrogen-bond donors (Lipinski definition) is 1. The Morgan fingerprint density at radius 1 is 1.10 bits per heavy atom. The first kappa shape index (κ1) is 19.5. The zero-order valence-corrected chi connectivity index (χ0v) is 17.8. The lowest BCUT2D eigenvalue weighted by atomic mass is 10.0. The van der Waals surface area contributed by atoms with Crippen LogP contribution in [0.4, 0.5) is 5.69 Å². The van der Waals surface area contributed by atoms with Gasteiger partial charge in [0, 0.05) is 30.3 Å². The number of nitrogens with zero attached hydrogens (tertiary/aromatic N) is 3. The zero-order chi connectivity index (χ0) is 20.4. The van der Waals surface area contributed by atoms with Crippen molar-refractivity contribution in [3.8, 4) is 5.75 Å². The molecule has 3 aromatic rings. The molecule has 0 amide bonds. The maximum Gasteiger partial charge on any atom is 0.174 e. The molecule has 4 rings (SSSR count). The standard InChI is InChI=1S/C23H26N4OS/c1-4-26-15-7-9-20(26)22-21(19-8-5-6-14-24-19)25-23(29)27(22)17-10-12-18(13-11-17)28-16(2)3/h5-16,21-22H,4H2,1-3H3,(H,25,29)/t21-,22-/m1/s1. The highest BCUT2D eigenvalue weighted by molar-refractivity contribution is 7.80. The second kappa shape index (κ2) is 8.25. The third-order valence-electron chi connectivity index (χ3n) is 5.09. The van der Waals surface area contributed by atoms with Crippen LogP contribution in [0.2, 0.25) is 0 Å². The maximum absolute atomic E-state index is 5.80. The Balaban J connectivity index is 1.76. The number of pyridine rings is 1. The van der Waals surface area contributed by atoms with Crippen LogP contribution in [0.5, 0.6) is 5.75 Å². The summed E-state index contributed by atoms with van der Waals surface area (Å²) in [6.07, 6.45) is 4.09. The SMILES string of the molecule is CCn1cccc1[C@@H]1[C@@H](c2ccccn2)NC(=S)N1c1ccc(OC(C)C)cc1. The Hall–Kier alpha value is -2.86. The van der Waals surface area contributed by atoms with Crippen LogP contribution >= 0.6 is 12.2 Å². The molecule has 29 heavy (non-hydrogen) atoms. The monoisotopic (exact) mass is 406 g/mol. The average molecular weight is 407 g/mol. The quantitative estimate of drug-likeness (QED) is 0.592. The molecule has 1 aliphatic rings. The molecule has 5 nitrogen and oxygen atoms in total. The lowest BCUT2D eigenvalue weighted by molar-refractivity contribution is 0.242. The van der Waals surface area contributed by atoms with Gasteiger partial charge in [-0.3, -0.25) is 4.98 Å². The first-order valence-electron chi connectivity index (χ1n) is 10.0. The highest BCUT2D eigenvalue weighted by Gasteiger charge is 2.41. The maximum atomic E-state index is 5.80. The van der Waals surface area contributed by atoms with E-state index < -0.39 is 0 Å². The van der Waals surface area contributed by atoms with Gasteiger partial charge in [0.05, 0.1) is 17.8 Å². The van der Waals surface area contributed by atoms with Crippen molar-refractivity contribution in [3.05, 3.63) is 78.4 Å². The molecule has 150 valence electrons. The minimum atomic E-state index is -0.0320. The number of benzene rings is 1. The van der Waals surface area contributed by atoms with Gasteiger partial charge in [-0.05, 0) is 81.5 Å². The molecule has 3 heterocycles. The van der Waals surface area contributed by atoms with E-state index in [2.05, 4.69) is 63.2 Å². The van der Waals surface area contributed by atoms with Gasteiger partial charge in [0.15, 0.2) is 5.11 Å². The number of anilines is 1. The van der Waals surface area contributed by atoms with Crippen molar-refractivity contribution in [2.24, 2.45) is 0 Å². The van der Waals surface area contributed by atoms with Gasteiger partial charge >= 0.3 is 0 Å². The van der Waals surface area contributed by atoms with Crippen LogP contribution in [0.3, 0.4) is 0 Å². The fraction of sp³-hybridized carbons (Fsp3) is 0.304. The minimum Gasteiger partial charge on any atom is -0.491 e. The van der Waals surface area contributed by atoms with Crippen LogP contribution in [0.1, 0.15) is 44.2 Å². The van der Waals surface area contributed by atoms with E-state index in [1.807, 2.05) is 44.3 Å². The van der Waals surface area contributed by atoms with Crippen molar-refractivity contribution in [2.75, 3.05) is 4.90 Å². The van der Waals surface area contributed by atoms with Gasteiger partial charge in [-0.1, -0.05) is 6.07 Å². The normalized spacial score (nSPS) is 18.9. The lowest BCUT2D eigenvalue weighted by Crippen LogP contribution is -2.30. The van der Waals surface area contributed by atoms with Gasteiger partial charge in [-0.25, -0.2) is 0 Å². The number of nitrogens with one attached hydrogen (secondary N) is 1. The molecular formula is C23H26N4OS. The Bertz CT molecular complexity index is 968. The predicted octanol–water partition coefficient (Wildman–Crippen LogP) is 4.87. The summed E-state index contributed by atoms with van der Waals surface area (Å²) in [7, 11) is 0. The number of rotatable bonds is 6. The van der Waals surface area contributed by atoms with Crippen LogP contribution in [0, 0.1) is 0 Å². The molecule has 1 aromatic carbocycles. The van der Waals surface area contributed by atoms with E-state index in [-0.39, 0.29) is 18.2 Å². The number of ether oxygens (including phenoxy) is 1. The summed E-state index contributed by atoms with van der Waals surface area (Å²) >= 11 is 5.78. The van der Waals surface area contributed by atoms with Crippen molar-refractivity contribution in [3.63, 3.8) is 0 Å². The predicted molar refractivity (Wildman–Crippen MR) is 120 cm³/mol. The number of aryl methyl sites for hydroxylation is 1. The van der Waals surface area contributed by atoms with Crippen LogP contribution < -0.4 is 15.0 Å². The van der Waals surface area contributed by atoms with Crippen LogP contribution in [-0.4, -0.2) is 20.8 Å². The van der Waals surface area contributed by atoms with E-state index in [1.54, 1.807) is 0 Å². The molecular weight excluding hydrogens is 380 g/mol. The van der Waals surface area contributed by atoms with Gasteiger partial charge in [-0.15, -0.1) is 0 Å². The molecule has 1 fully saturated rings. The first-order valence-corrected chi connectivity index (χ1v) is 10.4. The van der Waals surface area contributed by atoms with Crippen molar-refractivity contribution in [1.29, 1.82) is 0 Å². The minimum absolute atomic E-state index is 0.00390. The second-order valence-electron chi connectivity index (χ2n) is 7.38. The van der Waals surface area contributed by atoms with Gasteiger partial charge < -0.3 is 19.5 Å². The molecule has 0 spiro atoms. The summed E-state index contributed by atoms with van der Waals surface area (Å²) in [5.74, 6) is 0.858. The number of thiocarbonyl (C=S) groups is 1. The number of hydrogen-bond acceptors (Lipinski definition) is 3. The third kappa shape index (κ3) is 3.85. The summed E-state index contributed by atoms with van der Waals surface area (Å²) in [5, 5.41) is 4.21. The molecule has 0 unspecified atom stereocenters. The Morgan fingerprint density at radius 3 is 2.55 bits per heavy atom. The van der Waals surface area contributed by atoms with Crippen molar-refractivity contribution >= 4 is 23.0 Å². The Kier molecular flexibility index (Phi) is 5.53. The van der Waals surface area contributed by atoms with Crippen molar-refractivity contribution in [1.82, 2.24) is 14.9 Å². The molecule has 1 N–H and O–H groups in total. The second-order valence-corrected chi connectivity index (χ2v) is 7.76. The molecule has 2 aromatic heterocycles. The van der Waals surface area contributed by atoms with Crippen LogP contribution in [0.15, 0.2) is 67.0 Å². The summed E-state index contributed by atoms with van der Waals surface area (Å²) in [6.45, 7) is 7.11. The zero-order valence-electron chi connectivity index (χ0n) is 16.9. The molecule has 0 bridgehead atoms. The lowest BCUT2D eigenvalue weighted by Gasteiger charge is -2.29. The topological polar surface area (TPSA) is 42.3 Å². The van der Waals surface area contributed by atoms with E-state index in [0.717, 1.165) is 23.7 Å². The van der Waals surface area contributed by atoms with Crippen molar-refractivity contribution < 1.29 is 4.74 Å². The fourth-order valence-corrected chi connectivity index (χ4v) is 4.22. The highest BCUT2D eigenvalue weighted by Crippen LogP contribution is 2.41. The summed E-state index contributed by atoms with van der Waals surface area (Å²) in [4.78, 5) is 6.80. The van der Waals surface area contributed by atoms with Gasteiger partial charge in [0.2, 0.25) is 0 Å².